The SMILES string of the molecule is CS(=O)(=O)Nc1ncc(C(=O)N[C@H]2CCc3cc(-n4c(-c5cccnc5N)nc5ccc(-n6cccn6)nc54)ccc32)cc1C=O. The number of imidazole rings is 1. The number of fused-ring (bicyclic) bond motifs is 2. The molecule has 0 unspecified atom stereocenters. The van der Waals surface area contributed by atoms with Gasteiger partial charge < -0.3 is 11.1 Å². The predicted molar refractivity (Wildman–Crippen MR) is 170 cm³/mol. The van der Waals surface area contributed by atoms with Crippen LogP contribution in [0.4, 0.5) is 11.6 Å². The number of hydrogen-bond acceptors (Lipinski definition) is 10. The van der Waals surface area contributed by atoms with Crippen molar-refractivity contribution in [3.05, 3.63) is 102 Å². The molecule has 15 heteroatoms. The lowest BCUT2D eigenvalue weighted by molar-refractivity contribution is 0.0936. The Hall–Kier alpha value is -5.96. The number of nitrogens with two attached hydrogens (primary N) is 1. The lowest BCUT2D eigenvalue weighted by Gasteiger charge is -2.16. The van der Waals surface area contributed by atoms with Crippen molar-refractivity contribution in [2.45, 2.75) is 18.9 Å². The van der Waals surface area contributed by atoms with E-state index in [-0.39, 0.29) is 23.0 Å². The fourth-order valence-corrected chi connectivity index (χ4v) is 6.12. The Balaban J connectivity index is 1.23. The fraction of sp³-hybridized carbons (Fsp3) is 0.129. The van der Waals surface area contributed by atoms with Crippen molar-refractivity contribution in [3.63, 3.8) is 0 Å². The minimum Gasteiger partial charge on any atom is -0.383 e. The van der Waals surface area contributed by atoms with E-state index in [2.05, 4.69) is 31.2 Å². The summed E-state index contributed by atoms with van der Waals surface area (Å²) in [6.45, 7) is 0. The number of benzene rings is 1. The second kappa shape index (κ2) is 11.2. The standard InChI is InChI=1S/C31H26N10O4S/c1-46(44,45)39-28-20(17-42)14-19(16-34-28)31(43)37-24-8-5-18-15-21(6-7-22(18)24)41-29(23-4-2-11-33-27(23)32)36-25-9-10-26(38-30(25)41)40-13-3-12-35-40/h2-4,6-7,9-17,24H,5,8H2,1H3,(H2,32,33)(H,34,39)(H,37,43)/t24-/m0/s1. The molecule has 4 N–H and O–H groups in total. The lowest BCUT2D eigenvalue weighted by atomic mass is 10.1. The molecule has 46 heavy (non-hydrogen) atoms. The normalized spacial score (nSPS) is 14.2. The number of sulfonamides is 1. The van der Waals surface area contributed by atoms with Gasteiger partial charge in [-0.1, -0.05) is 6.07 Å². The highest BCUT2D eigenvalue weighted by Crippen LogP contribution is 2.36. The molecular weight excluding hydrogens is 608 g/mol. The maximum atomic E-state index is 13.2. The number of rotatable bonds is 8. The third-order valence-corrected chi connectivity index (χ3v) is 8.23. The Morgan fingerprint density at radius 2 is 1.93 bits per heavy atom. The predicted octanol–water partition coefficient (Wildman–Crippen LogP) is 3.25. The summed E-state index contributed by atoms with van der Waals surface area (Å²) < 4.78 is 29.0. The van der Waals surface area contributed by atoms with Crippen LogP contribution in [0.15, 0.2) is 79.4 Å². The van der Waals surface area contributed by atoms with E-state index in [1.807, 2.05) is 47.2 Å². The van der Waals surface area contributed by atoms with E-state index >= 15 is 0 Å². The Bertz CT molecular complexity index is 2270. The van der Waals surface area contributed by atoms with Crippen LogP contribution >= 0.6 is 0 Å². The van der Waals surface area contributed by atoms with Gasteiger partial charge in [-0.25, -0.2) is 33.0 Å². The zero-order valence-corrected chi connectivity index (χ0v) is 25.1. The highest BCUT2D eigenvalue weighted by molar-refractivity contribution is 7.92. The molecule has 0 saturated carbocycles. The molecule has 5 heterocycles. The van der Waals surface area contributed by atoms with Crippen molar-refractivity contribution < 1.29 is 18.0 Å². The van der Waals surface area contributed by atoms with Crippen molar-refractivity contribution in [2.24, 2.45) is 0 Å². The second-order valence-electron chi connectivity index (χ2n) is 10.8. The number of anilines is 2. The Morgan fingerprint density at radius 3 is 2.70 bits per heavy atom. The van der Waals surface area contributed by atoms with Gasteiger partial charge in [0.25, 0.3) is 5.91 Å². The maximum absolute atomic E-state index is 13.2. The van der Waals surface area contributed by atoms with Gasteiger partial charge in [-0.3, -0.25) is 18.9 Å². The molecule has 6 aromatic rings. The van der Waals surface area contributed by atoms with Crippen LogP contribution in [-0.2, 0) is 16.4 Å². The zero-order valence-electron chi connectivity index (χ0n) is 24.3. The number of amides is 1. The van der Waals surface area contributed by atoms with E-state index < -0.39 is 15.9 Å². The first-order chi connectivity index (χ1) is 22.2. The molecule has 0 fully saturated rings. The number of hydrogen-bond donors (Lipinski definition) is 3. The van der Waals surface area contributed by atoms with Crippen molar-refractivity contribution >= 4 is 45.0 Å². The van der Waals surface area contributed by atoms with Gasteiger partial charge in [-0.15, -0.1) is 0 Å². The van der Waals surface area contributed by atoms with Crippen LogP contribution in [0.5, 0.6) is 0 Å². The quantitative estimate of drug-likeness (QED) is 0.209. The highest BCUT2D eigenvalue weighted by atomic mass is 32.2. The minimum absolute atomic E-state index is 0.0449. The van der Waals surface area contributed by atoms with Crippen molar-refractivity contribution in [1.29, 1.82) is 0 Å². The van der Waals surface area contributed by atoms with Crippen LogP contribution in [0.25, 0.3) is 34.1 Å². The molecule has 1 aliphatic rings. The number of carbonyl (C=O) groups is 2. The highest BCUT2D eigenvalue weighted by Gasteiger charge is 2.27. The summed E-state index contributed by atoms with van der Waals surface area (Å²) >= 11 is 0. The van der Waals surface area contributed by atoms with Gasteiger partial charge in [0.15, 0.2) is 23.6 Å². The molecule has 5 aromatic heterocycles. The molecule has 14 nitrogen and oxygen atoms in total. The Morgan fingerprint density at radius 1 is 1.07 bits per heavy atom. The molecular formula is C31H26N10O4S. The van der Waals surface area contributed by atoms with Crippen LogP contribution in [0.1, 0.15) is 44.3 Å². The van der Waals surface area contributed by atoms with Gasteiger partial charge >= 0.3 is 0 Å². The maximum Gasteiger partial charge on any atom is 0.253 e. The molecule has 230 valence electrons. The van der Waals surface area contributed by atoms with Gasteiger partial charge in [0, 0.05) is 30.5 Å². The summed E-state index contributed by atoms with van der Waals surface area (Å²) in [5, 5.41) is 7.34. The molecule has 0 spiro atoms. The summed E-state index contributed by atoms with van der Waals surface area (Å²) in [4.78, 5) is 42.8. The van der Waals surface area contributed by atoms with Gasteiger partial charge in [0.05, 0.1) is 29.0 Å². The molecule has 1 amide bonds. The summed E-state index contributed by atoms with van der Waals surface area (Å²) in [7, 11) is -3.66. The number of pyridine rings is 3. The summed E-state index contributed by atoms with van der Waals surface area (Å²) in [6, 6.07) is 16.2. The van der Waals surface area contributed by atoms with E-state index in [9.17, 15) is 18.0 Å². The van der Waals surface area contributed by atoms with Crippen molar-refractivity contribution in [2.75, 3.05) is 16.7 Å². The van der Waals surface area contributed by atoms with Crippen LogP contribution in [0.3, 0.4) is 0 Å². The number of nitrogens with one attached hydrogen (secondary N) is 2. The molecule has 0 bridgehead atoms. The smallest absolute Gasteiger partial charge is 0.253 e. The zero-order chi connectivity index (χ0) is 32.0. The number of aryl methyl sites for hydroxylation is 1. The molecule has 7 rings (SSSR count). The van der Waals surface area contributed by atoms with Crippen molar-refractivity contribution in [1.82, 2.24) is 39.6 Å². The Kier molecular flexibility index (Phi) is 7.01. The molecule has 1 aliphatic carbocycles. The molecule has 0 saturated heterocycles. The van der Waals surface area contributed by atoms with E-state index in [0.717, 1.165) is 23.1 Å². The summed E-state index contributed by atoms with van der Waals surface area (Å²) in [5.41, 5.74) is 11.1. The van der Waals surface area contributed by atoms with E-state index in [1.165, 1.54) is 12.3 Å². The fourth-order valence-electron chi connectivity index (χ4n) is 5.60. The van der Waals surface area contributed by atoms with Gasteiger partial charge in [-0.2, -0.15) is 5.10 Å². The van der Waals surface area contributed by atoms with Crippen LogP contribution in [0.2, 0.25) is 0 Å². The topological polar surface area (TPSA) is 193 Å². The van der Waals surface area contributed by atoms with E-state index in [0.29, 0.717) is 53.3 Å². The number of aldehydes is 1. The van der Waals surface area contributed by atoms with Gasteiger partial charge in [0.2, 0.25) is 10.0 Å². The number of nitrogens with zero attached hydrogens (tertiary/aromatic N) is 7. The van der Waals surface area contributed by atoms with Crippen molar-refractivity contribution in [3.8, 4) is 22.9 Å². The number of aromatic nitrogens is 7. The molecule has 0 aliphatic heterocycles. The molecule has 1 aromatic carbocycles. The van der Waals surface area contributed by atoms with Gasteiger partial charge in [0.1, 0.15) is 17.2 Å². The lowest BCUT2D eigenvalue weighted by Crippen LogP contribution is -2.27. The van der Waals surface area contributed by atoms with Crippen LogP contribution < -0.4 is 15.8 Å². The largest absolute Gasteiger partial charge is 0.383 e. The first-order valence-corrected chi connectivity index (χ1v) is 16.0. The monoisotopic (exact) mass is 634 g/mol. The third kappa shape index (κ3) is 5.32. The first-order valence-electron chi connectivity index (χ1n) is 14.2. The average Bonchev–Trinajstić information content (AvgIpc) is 3.79. The Labute approximate surface area is 262 Å². The molecule has 0 radical (unpaired) electrons. The minimum atomic E-state index is -3.66. The van der Waals surface area contributed by atoms with Crippen LogP contribution in [-0.4, -0.2) is 61.2 Å². The molecule has 1 atom stereocenters. The van der Waals surface area contributed by atoms with Gasteiger partial charge in [-0.05, 0) is 72.5 Å². The summed E-state index contributed by atoms with van der Waals surface area (Å²) in [5.74, 6) is 0.969. The number of nitrogen functional groups attached to an aromatic ring is 1. The van der Waals surface area contributed by atoms with E-state index in [1.54, 1.807) is 23.1 Å². The average molecular weight is 635 g/mol. The second-order valence-corrected chi connectivity index (χ2v) is 12.5. The third-order valence-electron chi connectivity index (χ3n) is 7.66. The summed E-state index contributed by atoms with van der Waals surface area (Å²) in [6.07, 6.45) is 9.11. The van der Waals surface area contributed by atoms with E-state index in [4.69, 9.17) is 15.7 Å². The van der Waals surface area contributed by atoms with Crippen LogP contribution in [0, 0.1) is 0 Å². The first kappa shape index (κ1) is 28.8. The number of carbonyl (C=O) groups excluding carboxylic acids is 2.